The van der Waals surface area contributed by atoms with Crippen LogP contribution in [-0.2, 0) is 12.0 Å². The van der Waals surface area contributed by atoms with Crippen molar-refractivity contribution in [3.05, 3.63) is 77.5 Å². The minimum atomic E-state index is -0.356. The zero-order chi connectivity index (χ0) is 18.7. The second kappa shape index (κ2) is 7.14. The van der Waals surface area contributed by atoms with Gasteiger partial charge in [-0.2, -0.15) is 5.10 Å². The van der Waals surface area contributed by atoms with Crippen LogP contribution >= 0.6 is 0 Å². The van der Waals surface area contributed by atoms with E-state index in [1.807, 2.05) is 30.3 Å². The summed E-state index contributed by atoms with van der Waals surface area (Å²) < 4.78 is 1.69. The molecule has 134 valence electrons. The van der Waals surface area contributed by atoms with Crippen molar-refractivity contribution in [3.63, 3.8) is 0 Å². The van der Waals surface area contributed by atoms with Crippen LogP contribution in [-0.4, -0.2) is 15.7 Å². The second-order valence-electron chi connectivity index (χ2n) is 7.36. The second-order valence-corrected chi connectivity index (χ2v) is 7.36. The third kappa shape index (κ3) is 3.83. The minimum absolute atomic E-state index is 0.106. The Labute approximate surface area is 153 Å². The molecule has 0 aliphatic rings. The topological polar surface area (TPSA) is 72.9 Å². The summed E-state index contributed by atoms with van der Waals surface area (Å²) in [5, 5.41) is 4.62. The normalized spacial score (nSPS) is 11.4. The Balaban J connectivity index is 1.93. The summed E-state index contributed by atoms with van der Waals surface area (Å²) in [7, 11) is 0. The molecule has 3 aromatic rings. The predicted molar refractivity (Wildman–Crippen MR) is 104 cm³/mol. The molecule has 0 aliphatic heterocycles. The van der Waals surface area contributed by atoms with Crippen LogP contribution < -0.4 is 11.3 Å². The summed E-state index contributed by atoms with van der Waals surface area (Å²) in [6.07, 6.45) is 0. The number of nitrogen functional groups attached to an aromatic ring is 1. The molecule has 5 nitrogen and oxygen atoms in total. The number of benzene rings is 2. The van der Waals surface area contributed by atoms with Gasteiger partial charge < -0.3 is 0 Å². The molecule has 1 amide bonds. The lowest BCUT2D eigenvalue weighted by Gasteiger charge is -2.19. The van der Waals surface area contributed by atoms with E-state index in [1.165, 1.54) is 5.56 Å². The number of hydrogen-bond donors (Lipinski definition) is 2. The fourth-order valence-electron chi connectivity index (χ4n) is 2.83. The number of nitrogens with two attached hydrogens (primary N) is 1. The molecule has 0 fully saturated rings. The average molecular weight is 348 g/mol. The van der Waals surface area contributed by atoms with Crippen molar-refractivity contribution in [2.45, 2.75) is 32.7 Å². The third-order valence-corrected chi connectivity index (χ3v) is 4.37. The van der Waals surface area contributed by atoms with Gasteiger partial charge in [-0.15, -0.1) is 0 Å². The van der Waals surface area contributed by atoms with Gasteiger partial charge in [0.15, 0.2) is 0 Å². The zero-order valence-corrected chi connectivity index (χ0v) is 15.4. The van der Waals surface area contributed by atoms with Crippen LogP contribution in [0.1, 0.15) is 42.4 Å². The van der Waals surface area contributed by atoms with E-state index >= 15 is 0 Å². The minimum Gasteiger partial charge on any atom is -0.289 e. The summed E-state index contributed by atoms with van der Waals surface area (Å²) in [6.45, 7) is 7.06. The summed E-state index contributed by atoms with van der Waals surface area (Å²) in [5.74, 6) is 4.99. The fraction of sp³-hybridized carbons (Fsp3) is 0.238. The van der Waals surface area contributed by atoms with E-state index in [9.17, 15) is 4.79 Å². The lowest BCUT2D eigenvalue weighted by molar-refractivity contribution is 0.0943. The van der Waals surface area contributed by atoms with Crippen molar-refractivity contribution in [2.24, 2.45) is 5.84 Å². The Morgan fingerprint density at radius 3 is 2.31 bits per heavy atom. The SMILES string of the molecule is CC(C)(C)c1ccc(Cn2nc(-c3ccccc3)cc2C(=O)NN)cc1. The molecule has 3 N–H and O–H groups in total. The number of hydrogen-bond acceptors (Lipinski definition) is 3. The Hall–Kier alpha value is -2.92. The van der Waals surface area contributed by atoms with Crippen molar-refractivity contribution in [3.8, 4) is 11.3 Å². The van der Waals surface area contributed by atoms with E-state index in [0.29, 0.717) is 12.2 Å². The first kappa shape index (κ1) is 17.9. The predicted octanol–water partition coefficient (Wildman–Crippen LogP) is 3.50. The van der Waals surface area contributed by atoms with Crippen molar-refractivity contribution >= 4 is 5.91 Å². The number of hydrazine groups is 1. The molecule has 5 heteroatoms. The Kier molecular flexibility index (Phi) is 4.91. The largest absolute Gasteiger partial charge is 0.289 e. The van der Waals surface area contributed by atoms with Gasteiger partial charge in [0.2, 0.25) is 0 Å². The maximum absolute atomic E-state index is 12.2. The number of amides is 1. The lowest BCUT2D eigenvalue weighted by Crippen LogP contribution is -2.32. The van der Waals surface area contributed by atoms with Gasteiger partial charge in [-0.3, -0.25) is 14.9 Å². The Morgan fingerprint density at radius 2 is 1.73 bits per heavy atom. The summed E-state index contributed by atoms with van der Waals surface area (Å²) in [6, 6.07) is 19.9. The number of rotatable bonds is 4. The lowest BCUT2D eigenvalue weighted by atomic mass is 9.87. The molecule has 0 unspecified atom stereocenters. The van der Waals surface area contributed by atoms with Crippen molar-refractivity contribution in [2.75, 3.05) is 0 Å². The highest BCUT2D eigenvalue weighted by molar-refractivity contribution is 5.93. The van der Waals surface area contributed by atoms with E-state index in [4.69, 9.17) is 5.84 Å². The van der Waals surface area contributed by atoms with E-state index < -0.39 is 0 Å². The molecular formula is C21H24N4O. The molecule has 0 atom stereocenters. The number of carbonyl (C=O) groups excluding carboxylic acids is 1. The first-order chi connectivity index (χ1) is 12.4. The molecule has 2 aromatic carbocycles. The Bertz CT molecular complexity index is 890. The zero-order valence-electron chi connectivity index (χ0n) is 15.4. The Morgan fingerprint density at radius 1 is 1.08 bits per heavy atom. The summed E-state index contributed by atoms with van der Waals surface area (Å²) in [4.78, 5) is 12.2. The van der Waals surface area contributed by atoms with Gasteiger partial charge in [-0.25, -0.2) is 5.84 Å². The molecule has 0 aliphatic carbocycles. The van der Waals surface area contributed by atoms with E-state index in [2.05, 4.69) is 55.6 Å². The van der Waals surface area contributed by atoms with Crippen LogP contribution in [0.5, 0.6) is 0 Å². The van der Waals surface area contributed by atoms with Crippen LogP contribution in [0.15, 0.2) is 60.7 Å². The molecule has 0 bridgehead atoms. The molecule has 1 heterocycles. The standard InChI is InChI=1S/C21H24N4O/c1-21(2,3)17-11-9-15(10-12-17)14-25-19(20(26)23-22)13-18(24-25)16-7-5-4-6-8-16/h4-13H,14,22H2,1-3H3,(H,23,26). The van der Waals surface area contributed by atoms with E-state index in [0.717, 1.165) is 16.8 Å². The highest BCUT2D eigenvalue weighted by Gasteiger charge is 2.17. The van der Waals surface area contributed by atoms with E-state index in [1.54, 1.807) is 10.7 Å². The molecule has 0 spiro atoms. The van der Waals surface area contributed by atoms with Gasteiger partial charge in [-0.05, 0) is 22.6 Å². The van der Waals surface area contributed by atoms with Gasteiger partial charge in [-0.1, -0.05) is 75.4 Å². The van der Waals surface area contributed by atoms with Crippen molar-refractivity contribution < 1.29 is 4.79 Å². The average Bonchev–Trinajstić information content (AvgIpc) is 3.05. The number of nitrogens with zero attached hydrogens (tertiary/aromatic N) is 2. The van der Waals surface area contributed by atoms with Gasteiger partial charge in [0.1, 0.15) is 5.69 Å². The van der Waals surface area contributed by atoms with Gasteiger partial charge in [0.05, 0.1) is 12.2 Å². The molecule has 0 saturated carbocycles. The number of aromatic nitrogens is 2. The van der Waals surface area contributed by atoms with Crippen molar-refractivity contribution in [1.29, 1.82) is 0 Å². The monoisotopic (exact) mass is 348 g/mol. The first-order valence-electron chi connectivity index (χ1n) is 8.62. The van der Waals surface area contributed by atoms with E-state index in [-0.39, 0.29) is 11.3 Å². The van der Waals surface area contributed by atoms with Crippen LogP contribution in [0, 0.1) is 0 Å². The van der Waals surface area contributed by atoms with Crippen molar-refractivity contribution in [1.82, 2.24) is 15.2 Å². The summed E-state index contributed by atoms with van der Waals surface area (Å²) in [5.41, 5.74) is 6.79. The molecule has 0 radical (unpaired) electrons. The van der Waals surface area contributed by atoms with Gasteiger partial charge in [0.25, 0.3) is 5.91 Å². The van der Waals surface area contributed by atoms with Crippen LogP contribution in [0.4, 0.5) is 0 Å². The van der Waals surface area contributed by atoms with Crippen LogP contribution in [0.2, 0.25) is 0 Å². The number of nitrogens with one attached hydrogen (secondary N) is 1. The fourth-order valence-corrected chi connectivity index (χ4v) is 2.83. The molecule has 3 rings (SSSR count). The maximum Gasteiger partial charge on any atom is 0.283 e. The quantitative estimate of drug-likeness (QED) is 0.430. The molecular weight excluding hydrogens is 324 g/mol. The molecule has 1 aromatic heterocycles. The van der Waals surface area contributed by atoms with Crippen LogP contribution in [0.25, 0.3) is 11.3 Å². The van der Waals surface area contributed by atoms with Gasteiger partial charge >= 0.3 is 0 Å². The highest BCUT2D eigenvalue weighted by Crippen LogP contribution is 2.23. The highest BCUT2D eigenvalue weighted by atomic mass is 16.2. The third-order valence-electron chi connectivity index (χ3n) is 4.37. The van der Waals surface area contributed by atoms with Crippen LogP contribution in [0.3, 0.4) is 0 Å². The molecule has 26 heavy (non-hydrogen) atoms. The van der Waals surface area contributed by atoms with Gasteiger partial charge in [0, 0.05) is 5.56 Å². The maximum atomic E-state index is 12.2. The molecule has 0 saturated heterocycles. The summed E-state index contributed by atoms with van der Waals surface area (Å²) >= 11 is 0. The smallest absolute Gasteiger partial charge is 0.283 e. The number of carbonyl (C=O) groups is 1. The first-order valence-corrected chi connectivity index (χ1v) is 8.62.